The second-order valence-electron chi connectivity index (χ2n) is 7.31. The Kier molecular flexibility index (Phi) is 8.22. The van der Waals surface area contributed by atoms with Gasteiger partial charge < -0.3 is 9.47 Å². The summed E-state index contributed by atoms with van der Waals surface area (Å²) in [4.78, 5) is 12.0. The minimum atomic E-state index is -0.779. The minimum Gasteiger partial charge on any atom is -0.463 e. The molecule has 3 nitrogen and oxygen atoms in total. The van der Waals surface area contributed by atoms with Gasteiger partial charge >= 0.3 is 5.97 Å². The van der Waals surface area contributed by atoms with Crippen LogP contribution in [0, 0.1) is 0 Å². The lowest BCUT2D eigenvalue weighted by Crippen LogP contribution is -2.34. The summed E-state index contributed by atoms with van der Waals surface area (Å²) in [6, 6.07) is 30.6. The van der Waals surface area contributed by atoms with Crippen LogP contribution in [0.4, 0.5) is 0 Å². The highest BCUT2D eigenvalue weighted by Gasteiger charge is 2.37. The molecule has 0 aliphatic carbocycles. The fourth-order valence-corrected chi connectivity index (χ4v) is 3.71. The molecule has 0 N–H and O–H groups in total. The lowest BCUT2D eigenvalue weighted by Gasteiger charge is -2.35. The van der Waals surface area contributed by atoms with Crippen molar-refractivity contribution in [1.82, 2.24) is 0 Å². The standard InChI is InChI=1S/C27H30O3/c1-2-3-7-20-26(28)29-21-22-30-27(23-14-8-4-9-15-23,24-16-10-5-11-17-24)25-18-12-6-13-19-25/h4-6,8-19H,2-3,7,20-22H2,1H3. The van der Waals surface area contributed by atoms with Crippen molar-refractivity contribution in [3.63, 3.8) is 0 Å². The van der Waals surface area contributed by atoms with Crippen LogP contribution in [0.3, 0.4) is 0 Å². The molecule has 3 aromatic rings. The average molecular weight is 403 g/mol. The second-order valence-corrected chi connectivity index (χ2v) is 7.31. The summed E-state index contributed by atoms with van der Waals surface area (Å²) in [6.07, 6.45) is 3.47. The van der Waals surface area contributed by atoms with Gasteiger partial charge in [-0.25, -0.2) is 0 Å². The maximum atomic E-state index is 12.0. The van der Waals surface area contributed by atoms with Crippen LogP contribution < -0.4 is 0 Å². The van der Waals surface area contributed by atoms with Gasteiger partial charge in [-0.3, -0.25) is 4.79 Å². The van der Waals surface area contributed by atoms with Crippen molar-refractivity contribution in [2.24, 2.45) is 0 Å². The Hall–Kier alpha value is -2.91. The summed E-state index contributed by atoms with van der Waals surface area (Å²) in [5.74, 6) is -0.156. The van der Waals surface area contributed by atoms with Crippen molar-refractivity contribution >= 4 is 5.97 Å². The van der Waals surface area contributed by atoms with E-state index in [0.717, 1.165) is 36.0 Å². The average Bonchev–Trinajstić information content (AvgIpc) is 2.81. The van der Waals surface area contributed by atoms with E-state index in [2.05, 4.69) is 43.3 Å². The molecule has 0 unspecified atom stereocenters. The van der Waals surface area contributed by atoms with E-state index in [1.165, 1.54) is 0 Å². The molecule has 0 bridgehead atoms. The molecule has 0 atom stereocenters. The van der Waals surface area contributed by atoms with Gasteiger partial charge in [0.1, 0.15) is 12.2 Å². The molecular formula is C27H30O3. The normalized spacial score (nSPS) is 11.2. The molecule has 0 fully saturated rings. The molecule has 0 aromatic heterocycles. The molecule has 3 aromatic carbocycles. The number of benzene rings is 3. The molecule has 3 rings (SSSR count). The van der Waals surface area contributed by atoms with E-state index in [1.807, 2.05) is 54.6 Å². The van der Waals surface area contributed by atoms with E-state index in [0.29, 0.717) is 13.0 Å². The summed E-state index contributed by atoms with van der Waals surface area (Å²) in [5.41, 5.74) is 2.34. The van der Waals surface area contributed by atoms with Gasteiger partial charge in [-0.2, -0.15) is 0 Å². The van der Waals surface area contributed by atoms with Gasteiger partial charge in [0.25, 0.3) is 0 Å². The number of ether oxygens (including phenoxy) is 2. The number of esters is 1. The zero-order valence-corrected chi connectivity index (χ0v) is 17.6. The highest BCUT2D eigenvalue weighted by Crippen LogP contribution is 2.40. The Balaban J connectivity index is 1.85. The van der Waals surface area contributed by atoms with Crippen molar-refractivity contribution in [1.29, 1.82) is 0 Å². The minimum absolute atomic E-state index is 0.156. The Labute approximate surface area is 179 Å². The van der Waals surface area contributed by atoms with Crippen LogP contribution in [0.5, 0.6) is 0 Å². The highest BCUT2D eigenvalue weighted by molar-refractivity contribution is 5.69. The fourth-order valence-electron chi connectivity index (χ4n) is 3.71. The van der Waals surface area contributed by atoms with Gasteiger partial charge in [0.05, 0.1) is 6.61 Å². The monoisotopic (exact) mass is 402 g/mol. The van der Waals surface area contributed by atoms with Gasteiger partial charge in [0.15, 0.2) is 0 Å². The lowest BCUT2D eigenvalue weighted by molar-refractivity contribution is -0.146. The van der Waals surface area contributed by atoms with E-state index in [4.69, 9.17) is 9.47 Å². The molecule has 0 amide bonds. The van der Waals surface area contributed by atoms with Crippen molar-refractivity contribution in [3.05, 3.63) is 108 Å². The lowest BCUT2D eigenvalue weighted by atomic mass is 9.80. The number of hydrogen-bond donors (Lipinski definition) is 0. The van der Waals surface area contributed by atoms with Crippen LogP contribution in [0.15, 0.2) is 91.0 Å². The third kappa shape index (κ3) is 5.37. The van der Waals surface area contributed by atoms with Crippen LogP contribution >= 0.6 is 0 Å². The van der Waals surface area contributed by atoms with E-state index in [9.17, 15) is 4.79 Å². The van der Waals surface area contributed by atoms with Crippen molar-refractivity contribution in [2.45, 2.75) is 38.2 Å². The van der Waals surface area contributed by atoms with Gasteiger partial charge in [0, 0.05) is 6.42 Å². The molecule has 0 radical (unpaired) electrons. The Morgan fingerprint density at radius 1 is 0.700 bits per heavy atom. The molecule has 156 valence electrons. The summed E-state index contributed by atoms with van der Waals surface area (Å²) < 4.78 is 12.0. The van der Waals surface area contributed by atoms with E-state index >= 15 is 0 Å². The molecule has 30 heavy (non-hydrogen) atoms. The predicted octanol–water partition coefficient (Wildman–Crippen LogP) is 6.12. The molecule has 0 aliphatic heterocycles. The quantitative estimate of drug-likeness (QED) is 0.220. The first-order valence-corrected chi connectivity index (χ1v) is 10.7. The first kappa shape index (κ1) is 21.8. The van der Waals surface area contributed by atoms with E-state index in [-0.39, 0.29) is 12.6 Å². The zero-order valence-electron chi connectivity index (χ0n) is 17.6. The third-order valence-corrected chi connectivity index (χ3v) is 5.19. The van der Waals surface area contributed by atoms with E-state index in [1.54, 1.807) is 0 Å². The number of hydrogen-bond acceptors (Lipinski definition) is 3. The van der Waals surface area contributed by atoms with Crippen molar-refractivity contribution in [3.8, 4) is 0 Å². The van der Waals surface area contributed by atoms with Gasteiger partial charge in [-0.15, -0.1) is 0 Å². The number of carbonyl (C=O) groups excluding carboxylic acids is 1. The second kappa shape index (κ2) is 11.3. The summed E-state index contributed by atoms with van der Waals surface area (Å²) >= 11 is 0. The van der Waals surface area contributed by atoms with Gasteiger partial charge in [-0.05, 0) is 23.1 Å². The summed E-state index contributed by atoms with van der Waals surface area (Å²) in [6.45, 7) is 2.66. The van der Waals surface area contributed by atoms with Crippen LogP contribution in [0.25, 0.3) is 0 Å². The molecule has 0 aliphatic rings. The topological polar surface area (TPSA) is 35.5 Å². The van der Waals surface area contributed by atoms with Crippen LogP contribution in [0.2, 0.25) is 0 Å². The predicted molar refractivity (Wildman–Crippen MR) is 120 cm³/mol. The smallest absolute Gasteiger partial charge is 0.305 e. The van der Waals surface area contributed by atoms with Gasteiger partial charge in [0.2, 0.25) is 0 Å². The van der Waals surface area contributed by atoms with Crippen molar-refractivity contribution < 1.29 is 14.3 Å². The zero-order chi connectivity index (χ0) is 21.1. The largest absolute Gasteiger partial charge is 0.463 e. The summed E-state index contributed by atoms with van der Waals surface area (Å²) in [7, 11) is 0. The Bertz CT molecular complexity index is 779. The molecule has 0 spiro atoms. The van der Waals surface area contributed by atoms with Crippen LogP contribution in [0.1, 0.15) is 49.3 Å². The summed E-state index contributed by atoms with van der Waals surface area (Å²) in [5, 5.41) is 0. The Morgan fingerprint density at radius 3 is 1.60 bits per heavy atom. The Morgan fingerprint density at radius 2 is 1.17 bits per heavy atom. The van der Waals surface area contributed by atoms with Crippen LogP contribution in [-0.4, -0.2) is 19.2 Å². The molecule has 0 saturated carbocycles. The van der Waals surface area contributed by atoms with Crippen LogP contribution in [-0.2, 0) is 19.9 Å². The molecular weight excluding hydrogens is 372 g/mol. The highest BCUT2D eigenvalue weighted by atomic mass is 16.6. The fraction of sp³-hybridized carbons (Fsp3) is 0.296. The van der Waals surface area contributed by atoms with Crippen molar-refractivity contribution in [2.75, 3.05) is 13.2 Å². The first-order valence-electron chi connectivity index (χ1n) is 10.7. The first-order chi connectivity index (χ1) is 14.8. The maximum absolute atomic E-state index is 12.0. The maximum Gasteiger partial charge on any atom is 0.305 e. The van der Waals surface area contributed by atoms with E-state index < -0.39 is 5.60 Å². The number of carbonyl (C=O) groups is 1. The molecule has 0 heterocycles. The number of unbranched alkanes of at least 4 members (excludes halogenated alkanes) is 2. The molecule has 3 heteroatoms. The SMILES string of the molecule is CCCCCC(=O)OCCOC(c1ccccc1)(c1ccccc1)c1ccccc1. The molecule has 0 saturated heterocycles. The third-order valence-electron chi connectivity index (χ3n) is 5.19. The number of rotatable bonds is 11. The van der Waals surface area contributed by atoms with Gasteiger partial charge in [-0.1, -0.05) is 111 Å².